The van der Waals surface area contributed by atoms with Crippen molar-refractivity contribution in [2.24, 2.45) is 0 Å². The van der Waals surface area contributed by atoms with Crippen LogP contribution >= 0.6 is 0 Å². The molecular weight excluding hydrogens is 632 g/mol. The van der Waals surface area contributed by atoms with E-state index in [0.717, 1.165) is 13.8 Å². The normalized spacial score (nSPS) is 42.9. The third kappa shape index (κ3) is 8.26. The molecule has 21 nitrogen and oxygen atoms in total. The molecule has 46 heavy (non-hydrogen) atoms. The lowest BCUT2D eigenvalue weighted by atomic mass is 9.88. The van der Waals surface area contributed by atoms with Gasteiger partial charge in [0.15, 0.2) is 12.6 Å². The number of carboxylic acid groups (broad SMARTS) is 1. The third-order valence-corrected chi connectivity index (χ3v) is 7.87. The molecule has 0 radical (unpaired) electrons. The van der Waals surface area contributed by atoms with Gasteiger partial charge in [0, 0.05) is 20.3 Å². The van der Waals surface area contributed by atoms with E-state index >= 15 is 0 Å². The van der Waals surface area contributed by atoms with Crippen molar-refractivity contribution < 1.29 is 94.2 Å². The van der Waals surface area contributed by atoms with E-state index in [-0.39, 0.29) is 0 Å². The average molecular weight is 675 g/mol. The predicted molar refractivity (Wildman–Crippen MR) is 142 cm³/mol. The molecule has 3 rings (SSSR count). The summed E-state index contributed by atoms with van der Waals surface area (Å²) in [7, 11) is 0. The Morgan fingerprint density at radius 2 is 1.48 bits per heavy atom. The minimum Gasteiger partial charge on any atom is -0.477 e. The zero-order valence-corrected chi connectivity index (χ0v) is 24.7. The highest BCUT2D eigenvalue weighted by Crippen LogP contribution is 2.35. The van der Waals surface area contributed by atoms with Crippen LogP contribution in [0.4, 0.5) is 0 Å². The van der Waals surface area contributed by atoms with E-state index < -0.39 is 142 Å². The summed E-state index contributed by atoms with van der Waals surface area (Å²) in [6, 6.07) is -2.96. The summed E-state index contributed by atoms with van der Waals surface area (Å²) in [6.07, 6.45) is -24.9. The maximum absolute atomic E-state index is 12.4. The van der Waals surface area contributed by atoms with Crippen LogP contribution in [0.2, 0.25) is 0 Å². The first-order chi connectivity index (χ1) is 21.5. The molecule has 21 heteroatoms. The standard InChI is InChI=1S/C25H42N2O19/c1-7(30)26-13-9(32)3-25(24(40)41,46-21(13)15(34)10(33)4-28)42-6-12-16(35)18(37)19(38)23(44-12)45-20-11(5-29)43-22(39)14(17(20)36)27-8(2)31/h9-23,28-29,32-39H,3-6H2,1-2H3,(H,26,30)(H,27,31)(H,40,41)/t9-,10+,11+,12+,13+,14+,15+,16-,17+,18-,19+,20+,21+,22-,23-,25+/m0/s1. The minimum absolute atomic E-state index is 0.677. The van der Waals surface area contributed by atoms with Gasteiger partial charge < -0.3 is 90.5 Å². The summed E-state index contributed by atoms with van der Waals surface area (Å²) in [4.78, 5) is 35.7. The van der Waals surface area contributed by atoms with Crippen LogP contribution in [0.1, 0.15) is 20.3 Å². The summed E-state index contributed by atoms with van der Waals surface area (Å²) < 4.78 is 27.2. The van der Waals surface area contributed by atoms with Gasteiger partial charge in [0.25, 0.3) is 5.79 Å². The van der Waals surface area contributed by atoms with Gasteiger partial charge in [0.05, 0.1) is 32.0 Å². The molecule has 0 aromatic heterocycles. The Kier molecular flexibility index (Phi) is 13.1. The van der Waals surface area contributed by atoms with Crippen LogP contribution in [0.3, 0.4) is 0 Å². The fourth-order valence-electron chi connectivity index (χ4n) is 5.46. The largest absolute Gasteiger partial charge is 0.477 e. The minimum atomic E-state index is -2.84. The zero-order chi connectivity index (χ0) is 34.7. The summed E-state index contributed by atoms with van der Waals surface area (Å²) in [6.45, 7) is -0.695. The number of amides is 2. The molecule has 2 amide bonds. The number of nitrogens with one attached hydrogen (secondary N) is 2. The molecule has 0 unspecified atom stereocenters. The number of carboxylic acids is 1. The first-order valence-corrected chi connectivity index (χ1v) is 14.2. The number of aliphatic hydroxyl groups excluding tert-OH is 10. The Balaban J connectivity index is 1.83. The van der Waals surface area contributed by atoms with Crippen molar-refractivity contribution in [3.05, 3.63) is 0 Å². The lowest BCUT2D eigenvalue weighted by Crippen LogP contribution is -2.69. The van der Waals surface area contributed by atoms with Gasteiger partial charge in [-0.05, 0) is 0 Å². The summed E-state index contributed by atoms with van der Waals surface area (Å²) >= 11 is 0. The molecule has 0 aromatic rings. The molecule has 0 bridgehead atoms. The third-order valence-electron chi connectivity index (χ3n) is 7.87. The fraction of sp³-hybridized carbons (Fsp3) is 0.880. The van der Waals surface area contributed by atoms with Crippen molar-refractivity contribution in [1.82, 2.24) is 10.6 Å². The van der Waals surface area contributed by atoms with E-state index in [4.69, 9.17) is 23.7 Å². The van der Waals surface area contributed by atoms with Crippen LogP contribution in [-0.4, -0.2) is 191 Å². The Hall–Kier alpha value is -2.19. The lowest BCUT2D eigenvalue weighted by Gasteiger charge is -2.48. The molecule has 3 aliphatic heterocycles. The molecule has 0 aliphatic carbocycles. The molecular formula is C25H42N2O19. The van der Waals surface area contributed by atoms with Crippen LogP contribution in [0.5, 0.6) is 0 Å². The Bertz CT molecular complexity index is 1050. The second-order valence-corrected chi connectivity index (χ2v) is 11.3. The second-order valence-electron chi connectivity index (χ2n) is 11.3. The first kappa shape index (κ1) is 38.3. The molecule has 3 saturated heterocycles. The Morgan fingerprint density at radius 1 is 0.870 bits per heavy atom. The number of ether oxygens (including phenoxy) is 5. The summed E-state index contributed by atoms with van der Waals surface area (Å²) in [5, 5.41) is 117. The van der Waals surface area contributed by atoms with E-state index in [1.54, 1.807) is 0 Å². The predicted octanol–water partition coefficient (Wildman–Crippen LogP) is -8.08. The van der Waals surface area contributed by atoms with Gasteiger partial charge in [-0.15, -0.1) is 0 Å². The van der Waals surface area contributed by atoms with Crippen LogP contribution in [0.15, 0.2) is 0 Å². The second kappa shape index (κ2) is 15.8. The van der Waals surface area contributed by atoms with Gasteiger partial charge in [0.1, 0.15) is 67.1 Å². The number of carbonyl (C=O) groups excluding carboxylic acids is 2. The smallest absolute Gasteiger partial charge is 0.364 e. The summed E-state index contributed by atoms with van der Waals surface area (Å²) in [5.41, 5.74) is 0. The van der Waals surface area contributed by atoms with Crippen molar-refractivity contribution in [3.63, 3.8) is 0 Å². The molecule has 13 N–H and O–H groups in total. The van der Waals surface area contributed by atoms with E-state index in [1.165, 1.54) is 0 Å². The maximum atomic E-state index is 12.4. The highest BCUT2D eigenvalue weighted by molar-refractivity contribution is 5.76. The number of carbonyl (C=O) groups is 3. The fourth-order valence-corrected chi connectivity index (χ4v) is 5.46. The van der Waals surface area contributed by atoms with Crippen LogP contribution in [-0.2, 0) is 38.1 Å². The molecule has 3 fully saturated rings. The average Bonchev–Trinajstić information content (AvgIpc) is 2.99. The van der Waals surface area contributed by atoms with Gasteiger partial charge in [-0.3, -0.25) is 9.59 Å². The van der Waals surface area contributed by atoms with Crippen molar-refractivity contribution in [1.29, 1.82) is 0 Å². The molecule has 3 aliphatic rings. The Morgan fingerprint density at radius 3 is 2.02 bits per heavy atom. The van der Waals surface area contributed by atoms with E-state index in [9.17, 15) is 70.6 Å². The quantitative estimate of drug-likeness (QED) is 0.0913. The van der Waals surface area contributed by atoms with Crippen molar-refractivity contribution >= 4 is 17.8 Å². The number of hydrogen-bond acceptors (Lipinski definition) is 18. The van der Waals surface area contributed by atoms with Gasteiger partial charge >= 0.3 is 5.97 Å². The zero-order valence-electron chi connectivity index (χ0n) is 24.7. The number of hydrogen-bond donors (Lipinski definition) is 13. The molecule has 0 spiro atoms. The number of rotatable bonds is 12. The van der Waals surface area contributed by atoms with E-state index in [2.05, 4.69) is 10.6 Å². The highest BCUT2D eigenvalue weighted by Gasteiger charge is 2.57. The van der Waals surface area contributed by atoms with Crippen molar-refractivity contribution in [3.8, 4) is 0 Å². The van der Waals surface area contributed by atoms with Gasteiger partial charge in [-0.25, -0.2) is 4.79 Å². The van der Waals surface area contributed by atoms with Crippen LogP contribution < -0.4 is 10.6 Å². The first-order valence-electron chi connectivity index (χ1n) is 14.2. The SMILES string of the molecule is CC(=O)N[C@@H]1[C@@H](O)[C@H](O[C@@H]2O[C@H](CO[C@]3(C(=O)O)C[C@H](O)[C@@H](NC(C)=O)[C@H]([C@H](O)[C@H](O)CO)O3)[C@H](O)[C@H](O)[C@H]2O)[C@@H](CO)O[C@@H]1O. The monoisotopic (exact) mass is 674 g/mol. The maximum Gasteiger partial charge on any atom is 0.364 e. The molecule has 0 aromatic carbocycles. The van der Waals surface area contributed by atoms with E-state index in [1.807, 2.05) is 0 Å². The van der Waals surface area contributed by atoms with Crippen molar-refractivity contribution in [2.75, 3.05) is 19.8 Å². The topological polar surface area (TPSA) is 344 Å². The molecule has 266 valence electrons. The summed E-state index contributed by atoms with van der Waals surface area (Å²) in [5.74, 6) is -6.12. The lowest BCUT2D eigenvalue weighted by molar-refractivity contribution is -0.358. The Labute approximate surface area is 260 Å². The van der Waals surface area contributed by atoms with Crippen LogP contribution in [0, 0.1) is 0 Å². The molecule has 16 atom stereocenters. The van der Waals surface area contributed by atoms with Crippen molar-refractivity contribution in [2.45, 2.75) is 118 Å². The number of aliphatic hydroxyl groups is 10. The molecule has 3 heterocycles. The van der Waals surface area contributed by atoms with Gasteiger partial charge in [-0.1, -0.05) is 0 Å². The number of aliphatic carboxylic acids is 1. The van der Waals surface area contributed by atoms with E-state index in [0.29, 0.717) is 0 Å². The van der Waals surface area contributed by atoms with Gasteiger partial charge in [0.2, 0.25) is 11.8 Å². The van der Waals surface area contributed by atoms with Crippen LogP contribution in [0.25, 0.3) is 0 Å². The van der Waals surface area contributed by atoms with Gasteiger partial charge in [-0.2, -0.15) is 0 Å². The molecule has 0 saturated carbocycles. The highest BCUT2D eigenvalue weighted by atomic mass is 16.8.